The third kappa shape index (κ3) is 10.2. The second-order valence-electron chi connectivity index (χ2n) is 14.8. The summed E-state index contributed by atoms with van der Waals surface area (Å²) in [5.41, 5.74) is 0.832. The third-order valence-electron chi connectivity index (χ3n) is 9.58. The van der Waals surface area contributed by atoms with Crippen molar-refractivity contribution in [2.24, 2.45) is 0 Å². The smallest absolute Gasteiger partial charge is 0.410 e. The van der Waals surface area contributed by atoms with Gasteiger partial charge >= 0.3 is 6.09 Å². The van der Waals surface area contributed by atoms with Crippen molar-refractivity contribution in [1.29, 1.82) is 0 Å². The second-order valence-corrected chi connectivity index (χ2v) is 18.7. The minimum atomic E-state index is -4.78. The fraction of sp³-hybridized carbons (Fsp3) is 0.350. The molecule has 4 aromatic carbocycles. The van der Waals surface area contributed by atoms with E-state index in [-0.39, 0.29) is 49.8 Å². The Bertz CT molecular complexity index is 2360. The number of carbonyl (C=O) groups excluding carboxylic acids is 1. The number of hydrogen-bond acceptors (Lipinski definition) is 13. The molecule has 5 aromatic rings. The first-order chi connectivity index (χ1) is 28.5. The van der Waals surface area contributed by atoms with Crippen LogP contribution in [0.5, 0.6) is 17.2 Å². The van der Waals surface area contributed by atoms with Crippen LogP contribution in [0.25, 0.3) is 11.4 Å². The van der Waals surface area contributed by atoms with E-state index in [1.54, 1.807) is 94.6 Å². The number of tetrazole rings is 1. The van der Waals surface area contributed by atoms with Crippen LogP contribution in [0.2, 0.25) is 0 Å². The first-order valence-electron chi connectivity index (χ1n) is 18.6. The number of anilines is 1. The number of carbonyl (C=O) groups is 1. The lowest BCUT2D eigenvalue weighted by Gasteiger charge is -2.36. The van der Waals surface area contributed by atoms with Crippen LogP contribution in [-0.2, 0) is 45.7 Å². The molecule has 1 N–H and O–H groups in total. The van der Waals surface area contributed by atoms with E-state index in [1.165, 1.54) is 34.2 Å². The summed E-state index contributed by atoms with van der Waals surface area (Å²) in [7, 11) is -0.176. The van der Waals surface area contributed by atoms with Crippen molar-refractivity contribution in [2.45, 2.75) is 63.0 Å². The molecule has 1 amide bonds. The van der Waals surface area contributed by atoms with Crippen LogP contribution >= 0.6 is 22.6 Å². The molecule has 60 heavy (non-hydrogen) atoms. The van der Waals surface area contributed by atoms with E-state index in [9.17, 15) is 18.7 Å². The monoisotopic (exact) mass is 974 g/mol. The lowest BCUT2D eigenvalue weighted by atomic mass is 10.1. The van der Waals surface area contributed by atoms with E-state index < -0.39 is 50.0 Å². The Morgan fingerprint density at radius 2 is 1.38 bits per heavy atom. The zero-order valence-electron chi connectivity index (χ0n) is 33.7. The summed E-state index contributed by atoms with van der Waals surface area (Å²) >= 11 is -1.22. The van der Waals surface area contributed by atoms with Crippen molar-refractivity contribution in [3.8, 4) is 28.6 Å². The second kappa shape index (κ2) is 18.8. The number of hydrogen-bond donors (Lipinski definition) is 1. The van der Waals surface area contributed by atoms with Gasteiger partial charge in [-0.25, -0.2) is 17.9 Å². The number of sulfonamides is 1. The molecule has 1 aliphatic rings. The fourth-order valence-corrected chi connectivity index (χ4v) is 10.1. The minimum absolute atomic E-state index is 0.0213. The Morgan fingerprint density at radius 3 is 1.87 bits per heavy atom. The van der Waals surface area contributed by atoms with Gasteiger partial charge < -0.3 is 33.5 Å². The lowest BCUT2D eigenvalue weighted by Crippen LogP contribution is -2.46. The summed E-state index contributed by atoms with van der Waals surface area (Å²) < 4.78 is 84.0. The summed E-state index contributed by atoms with van der Waals surface area (Å²) in [5, 5.41) is 23.9. The topological polar surface area (TPSA) is 202 Å². The van der Waals surface area contributed by atoms with Crippen molar-refractivity contribution < 1.29 is 46.0 Å². The number of benzene rings is 4. The number of nitrogens with zero attached hydrogens (tertiary/aromatic N) is 7. The Labute approximate surface area is 364 Å². The predicted molar refractivity (Wildman–Crippen MR) is 229 cm³/mol. The number of methoxy groups -OCH3 is 3. The first kappa shape index (κ1) is 44.7. The molecule has 0 radical (unpaired) electrons. The molecular formula is C40H45IN7O10S2-. The SMILES string of the molecule is COc1ccc(CN(Cc2ccc(OC)cc2)S(=O)(=O)c2c(N([C@H]3CN(C(=O)OC(C)(C)C)C[C@H]3O)S(=O)[O-])ccc(I)c2-c2nnnn2Cc2ccc(OC)cc2)cc1. The summed E-state index contributed by atoms with van der Waals surface area (Å²) in [4.78, 5) is 13.9. The van der Waals surface area contributed by atoms with E-state index in [4.69, 9.17) is 18.9 Å². The number of halogens is 1. The van der Waals surface area contributed by atoms with Crippen molar-refractivity contribution in [3.63, 3.8) is 0 Å². The zero-order chi connectivity index (χ0) is 43.4. The molecule has 320 valence electrons. The van der Waals surface area contributed by atoms with Crippen LogP contribution in [0.3, 0.4) is 0 Å². The lowest BCUT2D eigenvalue weighted by molar-refractivity contribution is 0.0270. The molecule has 0 saturated carbocycles. The van der Waals surface area contributed by atoms with E-state index >= 15 is 8.42 Å². The van der Waals surface area contributed by atoms with Crippen molar-refractivity contribution >= 4 is 55.7 Å². The maximum Gasteiger partial charge on any atom is 0.410 e. The Morgan fingerprint density at radius 1 is 0.867 bits per heavy atom. The van der Waals surface area contributed by atoms with Crippen LogP contribution < -0.4 is 18.5 Å². The largest absolute Gasteiger partial charge is 0.755 e. The Balaban J connectivity index is 1.56. The van der Waals surface area contributed by atoms with E-state index in [2.05, 4.69) is 15.5 Å². The van der Waals surface area contributed by atoms with Gasteiger partial charge in [0.1, 0.15) is 27.7 Å². The Kier molecular flexibility index (Phi) is 14.0. The van der Waals surface area contributed by atoms with Gasteiger partial charge in [-0.3, -0.25) is 8.51 Å². The molecule has 2 heterocycles. The molecular weight excluding hydrogens is 930 g/mol. The van der Waals surface area contributed by atoms with E-state index in [0.29, 0.717) is 31.9 Å². The molecule has 0 aliphatic carbocycles. The number of aliphatic hydroxyl groups excluding tert-OH is 1. The van der Waals surface area contributed by atoms with Gasteiger partial charge in [0.15, 0.2) is 5.82 Å². The Hall–Kier alpha value is -4.87. The summed E-state index contributed by atoms with van der Waals surface area (Å²) in [6.07, 6.45) is -2.19. The van der Waals surface area contributed by atoms with Crippen molar-refractivity contribution in [2.75, 3.05) is 38.7 Å². The maximum absolute atomic E-state index is 15.8. The molecule has 1 aromatic heterocycles. The highest BCUT2D eigenvalue weighted by atomic mass is 127. The normalized spacial score (nSPS) is 16.1. The molecule has 1 fully saturated rings. The van der Waals surface area contributed by atoms with Gasteiger partial charge in [0.05, 0.1) is 57.8 Å². The molecule has 6 rings (SSSR count). The number of amides is 1. The highest BCUT2D eigenvalue weighted by molar-refractivity contribution is 14.1. The number of rotatable bonds is 15. The van der Waals surface area contributed by atoms with Crippen LogP contribution in [0, 0.1) is 3.57 Å². The summed E-state index contributed by atoms with van der Waals surface area (Å²) in [5.74, 6) is 1.80. The van der Waals surface area contributed by atoms with E-state index in [1.807, 2.05) is 34.7 Å². The zero-order valence-corrected chi connectivity index (χ0v) is 37.5. The number of likely N-dealkylation sites (tertiary alicyclic amines) is 1. The van der Waals surface area contributed by atoms with Crippen LogP contribution in [0.15, 0.2) is 89.8 Å². The quantitative estimate of drug-likeness (QED) is 0.109. The molecule has 1 saturated heterocycles. The van der Waals surface area contributed by atoms with Crippen LogP contribution in [0.1, 0.15) is 37.5 Å². The van der Waals surface area contributed by atoms with Crippen LogP contribution in [-0.4, -0.2) is 110 Å². The molecule has 3 atom stereocenters. The molecule has 1 aliphatic heterocycles. The first-order valence-corrected chi connectivity index (χ1v) is 22.1. The summed E-state index contributed by atoms with van der Waals surface area (Å²) in [6, 6.07) is 22.6. The molecule has 0 bridgehead atoms. The standard InChI is InChI=1S/C40H46IN7O10S2/c1-40(2,3)58-39(50)45-24-34(35(49)25-45)48(59(51)52)33-20-19-32(41)36(38-42-43-44-47(38)23-28-11-17-31(57-6)18-12-28)37(33)60(53,54)46(21-26-7-13-29(55-4)14-8-26)22-27-9-15-30(56-5)16-10-27/h7-20,34-35,49H,21-25H2,1-6H3,(H,51,52)/p-1/t34-,35+/m0/s1. The average Bonchev–Trinajstić information content (AvgIpc) is 3.84. The average molecular weight is 975 g/mol. The number of aliphatic hydroxyl groups is 1. The van der Waals surface area contributed by atoms with Gasteiger partial charge in [0.25, 0.3) is 0 Å². The number of ether oxygens (including phenoxy) is 4. The van der Waals surface area contributed by atoms with Gasteiger partial charge in [-0.15, -0.1) is 5.10 Å². The van der Waals surface area contributed by atoms with Crippen molar-refractivity contribution in [3.05, 3.63) is 105 Å². The number of β-amino-alcohol motifs (C(OH)–C–C–N with tert-alkyl or cyclic N) is 1. The minimum Gasteiger partial charge on any atom is -0.755 e. The molecule has 1 unspecified atom stereocenters. The third-order valence-corrected chi connectivity index (χ3v) is 13.1. The highest BCUT2D eigenvalue weighted by Crippen LogP contribution is 2.42. The van der Waals surface area contributed by atoms with E-state index in [0.717, 1.165) is 9.87 Å². The molecule has 17 nitrogen and oxygen atoms in total. The van der Waals surface area contributed by atoms with Gasteiger partial charge in [-0.05, 0) is 119 Å². The molecule has 20 heteroatoms. The van der Waals surface area contributed by atoms with Gasteiger partial charge in [0.2, 0.25) is 10.0 Å². The summed E-state index contributed by atoms with van der Waals surface area (Å²) in [6.45, 7) is 4.28. The number of aromatic nitrogens is 4. The van der Waals surface area contributed by atoms with Gasteiger partial charge in [-0.2, -0.15) is 4.31 Å². The fourth-order valence-electron chi connectivity index (χ4n) is 6.65. The van der Waals surface area contributed by atoms with Gasteiger partial charge in [0, 0.05) is 34.5 Å². The maximum atomic E-state index is 15.8. The highest BCUT2D eigenvalue weighted by Gasteiger charge is 2.43. The molecule has 0 spiro atoms. The predicted octanol–water partition coefficient (Wildman–Crippen LogP) is 4.99. The van der Waals surface area contributed by atoms with Crippen LogP contribution in [0.4, 0.5) is 10.5 Å². The van der Waals surface area contributed by atoms with Crippen molar-refractivity contribution in [1.82, 2.24) is 29.4 Å². The van der Waals surface area contributed by atoms with Gasteiger partial charge in [-0.1, -0.05) is 36.4 Å².